The van der Waals surface area contributed by atoms with Crippen molar-refractivity contribution in [2.45, 2.75) is 11.1 Å². The van der Waals surface area contributed by atoms with Crippen LogP contribution in [0.2, 0.25) is 5.02 Å². The van der Waals surface area contributed by atoms with Gasteiger partial charge in [0.25, 0.3) is 0 Å². The van der Waals surface area contributed by atoms with E-state index in [2.05, 4.69) is 15.4 Å². The van der Waals surface area contributed by atoms with Crippen molar-refractivity contribution in [3.8, 4) is 17.0 Å². The van der Waals surface area contributed by atoms with Gasteiger partial charge in [0.2, 0.25) is 0 Å². The third-order valence-electron chi connectivity index (χ3n) is 4.58. The number of aromatic nitrogens is 3. The monoisotopic (exact) mass is 510 g/mol. The van der Waals surface area contributed by atoms with Crippen molar-refractivity contribution in [3.05, 3.63) is 71.5 Å². The number of anilines is 1. The molecular weight excluding hydrogens is 497 g/mol. The first-order valence-corrected chi connectivity index (χ1v) is 11.7. The molecule has 2 aromatic heterocycles. The Morgan fingerprint density at radius 2 is 1.82 bits per heavy atom. The summed E-state index contributed by atoms with van der Waals surface area (Å²) in [7, 11) is -3.52. The van der Waals surface area contributed by atoms with Gasteiger partial charge in [-0.25, -0.2) is 22.7 Å². The SMILES string of the molecule is CS(=O)(=O)c1cccc(NC(=O)Oc2cnn3c(C(F)(F)F)cc(-c4ccc(Cl)cc4)nc23)c1. The van der Waals surface area contributed by atoms with E-state index >= 15 is 0 Å². The third kappa shape index (κ3) is 4.97. The minimum Gasteiger partial charge on any atom is -0.404 e. The highest BCUT2D eigenvalue weighted by Gasteiger charge is 2.36. The van der Waals surface area contributed by atoms with Crippen molar-refractivity contribution in [2.75, 3.05) is 11.6 Å². The van der Waals surface area contributed by atoms with Crippen LogP contribution in [0.15, 0.2) is 65.7 Å². The van der Waals surface area contributed by atoms with Crippen molar-refractivity contribution in [3.63, 3.8) is 0 Å². The molecule has 13 heteroatoms. The predicted octanol–water partition coefficient (Wildman–Crippen LogP) is 5.08. The van der Waals surface area contributed by atoms with Crippen LogP contribution in [-0.4, -0.2) is 35.4 Å². The molecule has 176 valence electrons. The molecule has 0 aliphatic rings. The van der Waals surface area contributed by atoms with Gasteiger partial charge in [0.1, 0.15) is 0 Å². The van der Waals surface area contributed by atoms with Gasteiger partial charge in [0.05, 0.1) is 16.8 Å². The molecule has 0 saturated heterocycles. The molecule has 1 amide bonds. The Bertz CT molecular complexity index is 1500. The van der Waals surface area contributed by atoms with Crippen molar-refractivity contribution >= 4 is 38.9 Å². The maximum absolute atomic E-state index is 13.7. The van der Waals surface area contributed by atoms with Gasteiger partial charge in [-0.05, 0) is 36.4 Å². The lowest BCUT2D eigenvalue weighted by Gasteiger charge is -2.12. The molecule has 0 saturated carbocycles. The highest BCUT2D eigenvalue weighted by atomic mass is 35.5. The Hall–Kier alpha value is -3.64. The summed E-state index contributed by atoms with van der Waals surface area (Å²) in [5, 5.41) is 6.39. The normalized spacial score (nSPS) is 12.0. The lowest BCUT2D eigenvalue weighted by atomic mass is 10.1. The van der Waals surface area contributed by atoms with Crippen molar-refractivity contribution in [2.24, 2.45) is 0 Å². The fraction of sp³-hybridized carbons (Fsp3) is 0.0952. The van der Waals surface area contributed by atoms with Crippen LogP contribution in [0.4, 0.5) is 23.7 Å². The van der Waals surface area contributed by atoms with Gasteiger partial charge < -0.3 is 4.74 Å². The van der Waals surface area contributed by atoms with Gasteiger partial charge in [-0.2, -0.15) is 18.3 Å². The zero-order valence-corrected chi connectivity index (χ0v) is 18.7. The number of sulfone groups is 1. The third-order valence-corrected chi connectivity index (χ3v) is 5.94. The minimum atomic E-state index is -4.78. The van der Waals surface area contributed by atoms with E-state index in [1.54, 1.807) is 0 Å². The lowest BCUT2D eigenvalue weighted by molar-refractivity contribution is -0.142. The first-order chi connectivity index (χ1) is 15.9. The summed E-state index contributed by atoms with van der Waals surface area (Å²) >= 11 is 5.85. The van der Waals surface area contributed by atoms with Crippen LogP contribution in [-0.2, 0) is 16.0 Å². The summed E-state index contributed by atoms with van der Waals surface area (Å²) < 4.78 is 70.1. The average molecular weight is 511 g/mol. The van der Waals surface area contributed by atoms with Gasteiger partial charge in [0.15, 0.2) is 26.9 Å². The molecule has 0 aliphatic carbocycles. The number of nitrogens with zero attached hydrogens (tertiary/aromatic N) is 3. The Labute approximate surface area is 195 Å². The first kappa shape index (κ1) is 23.5. The molecule has 0 bridgehead atoms. The number of fused-ring (bicyclic) bond motifs is 1. The molecule has 0 atom stereocenters. The number of hydrogen-bond donors (Lipinski definition) is 1. The Balaban J connectivity index is 1.70. The highest BCUT2D eigenvalue weighted by molar-refractivity contribution is 7.90. The number of carbonyl (C=O) groups is 1. The van der Waals surface area contributed by atoms with E-state index < -0.39 is 27.8 Å². The number of amides is 1. The van der Waals surface area contributed by atoms with Crippen LogP contribution < -0.4 is 10.1 Å². The van der Waals surface area contributed by atoms with E-state index in [9.17, 15) is 26.4 Å². The standard InChI is InChI=1S/C21H14ClF3N4O4S/c1-34(31,32)15-4-2-3-14(9-15)27-20(30)33-17-11-26-29-18(21(23,24)25)10-16(28-19(17)29)12-5-7-13(22)8-6-12/h2-11H,1H3,(H,27,30). The number of nitrogens with one attached hydrogen (secondary N) is 1. The second-order valence-electron chi connectivity index (χ2n) is 7.09. The molecule has 34 heavy (non-hydrogen) atoms. The number of hydrogen-bond acceptors (Lipinski definition) is 6. The van der Waals surface area contributed by atoms with Crippen molar-refractivity contribution in [1.29, 1.82) is 0 Å². The van der Waals surface area contributed by atoms with Gasteiger partial charge in [-0.3, -0.25) is 5.32 Å². The number of ether oxygens (including phenoxy) is 1. The number of benzene rings is 2. The molecule has 0 spiro atoms. The molecule has 0 fully saturated rings. The quantitative estimate of drug-likeness (QED) is 0.410. The summed E-state index contributed by atoms with van der Waals surface area (Å²) in [6, 6.07) is 12.2. The number of halogens is 4. The lowest BCUT2D eigenvalue weighted by Crippen LogP contribution is -2.17. The minimum absolute atomic E-state index is 0.0367. The highest BCUT2D eigenvalue weighted by Crippen LogP contribution is 2.34. The molecule has 0 aliphatic heterocycles. The first-order valence-electron chi connectivity index (χ1n) is 9.43. The maximum Gasteiger partial charge on any atom is 0.433 e. The largest absolute Gasteiger partial charge is 0.433 e. The van der Waals surface area contributed by atoms with E-state index in [0.29, 0.717) is 15.1 Å². The topological polar surface area (TPSA) is 103 Å². The Morgan fingerprint density at radius 3 is 2.47 bits per heavy atom. The molecule has 2 aromatic carbocycles. The fourth-order valence-electron chi connectivity index (χ4n) is 3.03. The number of rotatable bonds is 4. The van der Waals surface area contributed by atoms with Crippen LogP contribution in [0.3, 0.4) is 0 Å². The molecule has 1 N–H and O–H groups in total. The molecule has 4 aromatic rings. The molecular formula is C21H14ClF3N4O4S. The Kier molecular flexibility index (Phi) is 5.96. The van der Waals surface area contributed by atoms with Crippen LogP contribution in [0.1, 0.15) is 5.69 Å². The fourth-order valence-corrected chi connectivity index (χ4v) is 3.83. The zero-order valence-electron chi connectivity index (χ0n) is 17.2. The van der Waals surface area contributed by atoms with Crippen LogP contribution >= 0.6 is 11.6 Å². The molecule has 0 radical (unpaired) electrons. The summed E-state index contributed by atoms with van der Waals surface area (Å²) in [4.78, 5) is 16.5. The second kappa shape index (κ2) is 8.61. The van der Waals surface area contributed by atoms with Crippen molar-refractivity contribution < 1.29 is 31.1 Å². The second-order valence-corrected chi connectivity index (χ2v) is 9.54. The van der Waals surface area contributed by atoms with Crippen LogP contribution in [0.5, 0.6) is 5.75 Å². The van der Waals surface area contributed by atoms with E-state index in [1.165, 1.54) is 48.5 Å². The summed E-state index contributed by atoms with van der Waals surface area (Å²) in [5.74, 6) is -0.335. The maximum atomic E-state index is 13.7. The Morgan fingerprint density at radius 1 is 1.12 bits per heavy atom. The van der Waals surface area contributed by atoms with E-state index in [4.69, 9.17) is 16.3 Å². The predicted molar refractivity (Wildman–Crippen MR) is 118 cm³/mol. The summed E-state index contributed by atoms with van der Waals surface area (Å²) in [5.41, 5.74) is -1.05. The van der Waals surface area contributed by atoms with Gasteiger partial charge in [-0.1, -0.05) is 29.8 Å². The van der Waals surface area contributed by atoms with Crippen LogP contribution in [0, 0.1) is 0 Å². The van der Waals surface area contributed by atoms with E-state index in [0.717, 1.165) is 18.5 Å². The van der Waals surface area contributed by atoms with E-state index in [1.807, 2.05) is 0 Å². The van der Waals surface area contributed by atoms with Gasteiger partial charge in [-0.15, -0.1) is 0 Å². The van der Waals surface area contributed by atoms with Gasteiger partial charge >= 0.3 is 12.3 Å². The molecule has 4 rings (SSSR count). The molecule has 2 heterocycles. The van der Waals surface area contributed by atoms with Gasteiger partial charge in [0, 0.05) is 22.5 Å². The van der Waals surface area contributed by atoms with E-state index in [-0.39, 0.29) is 27.7 Å². The smallest absolute Gasteiger partial charge is 0.404 e. The summed E-state index contributed by atoms with van der Waals surface area (Å²) in [6.45, 7) is 0. The molecule has 0 unspecified atom stereocenters. The zero-order chi connectivity index (χ0) is 24.7. The number of alkyl halides is 3. The van der Waals surface area contributed by atoms with Crippen LogP contribution in [0.25, 0.3) is 16.9 Å². The van der Waals surface area contributed by atoms with Crippen molar-refractivity contribution in [1.82, 2.24) is 14.6 Å². The molecule has 8 nitrogen and oxygen atoms in total. The summed E-state index contributed by atoms with van der Waals surface area (Å²) in [6.07, 6.45) is -3.92. The average Bonchev–Trinajstić information content (AvgIpc) is 3.15. The number of carbonyl (C=O) groups excluding carboxylic acids is 1.